The largest absolute Gasteiger partial charge is 0.398 e. The van der Waals surface area contributed by atoms with Crippen LogP contribution in [0.3, 0.4) is 0 Å². The first-order chi connectivity index (χ1) is 8.16. The molecule has 0 atom stereocenters. The van der Waals surface area contributed by atoms with Gasteiger partial charge in [-0.15, -0.1) is 0 Å². The Kier molecular flexibility index (Phi) is 3.44. The summed E-state index contributed by atoms with van der Waals surface area (Å²) in [5.41, 5.74) is 13.9. The molecule has 3 nitrogen and oxygen atoms in total. The van der Waals surface area contributed by atoms with E-state index in [0.717, 1.165) is 15.7 Å². The molecule has 0 aliphatic carbocycles. The van der Waals surface area contributed by atoms with E-state index in [1.54, 1.807) is 6.07 Å². The van der Waals surface area contributed by atoms with Crippen LogP contribution in [0.2, 0.25) is 0 Å². The lowest BCUT2D eigenvalue weighted by atomic mass is 10.1. The fourth-order valence-electron chi connectivity index (χ4n) is 1.45. The molecule has 2 aromatic carbocycles. The maximum absolute atomic E-state index is 5.92. The highest BCUT2D eigenvalue weighted by Crippen LogP contribution is 2.18. The Morgan fingerprint density at radius 3 is 2.29 bits per heavy atom. The van der Waals surface area contributed by atoms with Gasteiger partial charge in [-0.25, -0.2) is 4.99 Å². The van der Waals surface area contributed by atoms with Crippen LogP contribution in [0, 0.1) is 0 Å². The number of anilines is 1. The van der Waals surface area contributed by atoms with E-state index in [-0.39, 0.29) is 0 Å². The molecule has 0 bridgehead atoms. The molecule has 0 fully saturated rings. The topological polar surface area (TPSA) is 64.4 Å². The van der Waals surface area contributed by atoms with E-state index in [0.29, 0.717) is 11.5 Å². The van der Waals surface area contributed by atoms with Gasteiger partial charge in [0.25, 0.3) is 0 Å². The van der Waals surface area contributed by atoms with Gasteiger partial charge in [0.1, 0.15) is 5.84 Å². The van der Waals surface area contributed by atoms with E-state index >= 15 is 0 Å². The van der Waals surface area contributed by atoms with Crippen LogP contribution < -0.4 is 11.5 Å². The van der Waals surface area contributed by atoms with E-state index < -0.39 is 0 Å². The van der Waals surface area contributed by atoms with Crippen LogP contribution in [-0.4, -0.2) is 5.84 Å². The molecule has 2 rings (SSSR count). The molecule has 0 radical (unpaired) electrons. The number of halogens is 1. The molecule has 17 heavy (non-hydrogen) atoms. The summed E-state index contributed by atoms with van der Waals surface area (Å²) in [6.07, 6.45) is 0. The summed E-state index contributed by atoms with van der Waals surface area (Å²) in [4.78, 5) is 4.32. The Morgan fingerprint density at radius 2 is 1.65 bits per heavy atom. The lowest BCUT2D eigenvalue weighted by Crippen LogP contribution is -2.14. The summed E-state index contributed by atoms with van der Waals surface area (Å²) in [7, 11) is 0. The second-order valence-electron chi connectivity index (χ2n) is 3.56. The quantitative estimate of drug-likeness (QED) is 0.507. The number of nitrogens with two attached hydrogens (primary N) is 2. The fourth-order valence-corrected chi connectivity index (χ4v) is 1.71. The average Bonchev–Trinajstić information content (AvgIpc) is 2.32. The zero-order chi connectivity index (χ0) is 12.3. The molecule has 0 heterocycles. The standard InChI is InChI=1S/C13H12BrN3/c14-9-5-7-10(8-6-9)17-13(16)11-3-1-2-4-12(11)15/h1-8H,15H2,(H2,16,17). The zero-order valence-corrected chi connectivity index (χ0v) is 10.7. The molecule has 0 aromatic heterocycles. The molecule has 0 unspecified atom stereocenters. The molecule has 4 heteroatoms. The summed E-state index contributed by atoms with van der Waals surface area (Å²) in [6.45, 7) is 0. The Hall–Kier alpha value is -1.81. The van der Waals surface area contributed by atoms with Crippen molar-refractivity contribution in [2.75, 3.05) is 5.73 Å². The Morgan fingerprint density at radius 1 is 1.00 bits per heavy atom. The van der Waals surface area contributed by atoms with Crippen molar-refractivity contribution in [3.63, 3.8) is 0 Å². The molecule has 0 saturated carbocycles. The highest BCUT2D eigenvalue weighted by molar-refractivity contribution is 9.10. The first-order valence-corrected chi connectivity index (χ1v) is 5.91. The summed E-state index contributed by atoms with van der Waals surface area (Å²) in [6, 6.07) is 15.0. The van der Waals surface area contributed by atoms with Gasteiger partial charge in [0.2, 0.25) is 0 Å². The molecule has 0 spiro atoms. The Balaban J connectivity index is 2.34. The summed E-state index contributed by atoms with van der Waals surface area (Å²) in [5, 5.41) is 0. The molecular formula is C13H12BrN3. The summed E-state index contributed by atoms with van der Waals surface area (Å²) < 4.78 is 1.01. The molecule has 2 aromatic rings. The maximum Gasteiger partial charge on any atom is 0.133 e. The van der Waals surface area contributed by atoms with Gasteiger partial charge in [0, 0.05) is 15.7 Å². The molecule has 0 amide bonds. The van der Waals surface area contributed by atoms with Gasteiger partial charge in [-0.2, -0.15) is 0 Å². The van der Waals surface area contributed by atoms with Crippen LogP contribution in [0.15, 0.2) is 58.0 Å². The zero-order valence-electron chi connectivity index (χ0n) is 9.10. The number of hydrogen-bond acceptors (Lipinski definition) is 2. The van der Waals surface area contributed by atoms with Gasteiger partial charge in [-0.3, -0.25) is 0 Å². The van der Waals surface area contributed by atoms with Crippen LogP contribution in [0.4, 0.5) is 11.4 Å². The van der Waals surface area contributed by atoms with E-state index in [1.165, 1.54) is 0 Å². The monoisotopic (exact) mass is 289 g/mol. The number of amidine groups is 1. The minimum Gasteiger partial charge on any atom is -0.398 e. The minimum atomic E-state index is 0.422. The molecule has 4 N–H and O–H groups in total. The number of para-hydroxylation sites is 1. The van der Waals surface area contributed by atoms with Crippen LogP contribution in [-0.2, 0) is 0 Å². The summed E-state index contributed by atoms with van der Waals surface area (Å²) >= 11 is 3.37. The summed E-state index contributed by atoms with van der Waals surface area (Å²) in [5.74, 6) is 0.422. The van der Waals surface area contributed by atoms with Gasteiger partial charge in [-0.1, -0.05) is 28.1 Å². The third kappa shape index (κ3) is 2.85. The molecule has 0 aliphatic rings. The van der Waals surface area contributed by atoms with Crippen LogP contribution in [0.25, 0.3) is 0 Å². The number of nitrogen functional groups attached to an aromatic ring is 1. The highest BCUT2D eigenvalue weighted by Gasteiger charge is 2.02. The van der Waals surface area contributed by atoms with Crippen molar-refractivity contribution in [3.05, 3.63) is 58.6 Å². The van der Waals surface area contributed by atoms with Crippen molar-refractivity contribution < 1.29 is 0 Å². The van der Waals surface area contributed by atoms with E-state index in [9.17, 15) is 0 Å². The van der Waals surface area contributed by atoms with Crippen LogP contribution in [0.5, 0.6) is 0 Å². The lowest BCUT2D eigenvalue weighted by Gasteiger charge is -2.04. The number of rotatable bonds is 2. The number of hydrogen-bond donors (Lipinski definition) is 2. The number of aliphatic imine (C=N–C) groups is 1. The van der Waals surface area contributed by atoms with Crippen LogP contribution >= 0.6 is 15.9 Å². The fraction of sp³-hybridized carbons (Fsp3) is 0. The van der Waals surface area contributed by atoms with Gasteiger partial charge in [-0.05, 0) is 36.4 Å². The second kappa shape index (κ2) is 5.01. The Labute approximate surface area is 108 Å². The molecular weight excluding hydrogens is 278 g/mol. The highest BCUT2D eigenvalue weighted by atomic mass is 79.9. The van der Waals surface area contributed by atoms with Gasteiger partial charge < -0.3 is 11.5 Å². The van der Waals surface area contributed by atoms with Crippen molar-refractivity contribution >= 4 is 33.1 Å². The van der Waals surface area contributed by atoms with Gasteiger partial charge in [0.05, 0.1) is 5.69 Å². The predicted molar refractivity (Wildman–Crippen MR) is 75.4 cm³/mol. The second-order valence-corrected chi connectivity index (χ2v) is 4.48. The normalized spacial score (nSPS) is 11.5. The predicted octanol–water partition coefficient (Wildman–Crippen LogP) is 3.07. The smallest absolute Gasteiger partial charge is 0.133 e. The molecule has 0 saturated heterocycles. The van der Waals surface area contributed by atoms with Gasteiger partial charge >= 0.3 is 0 Å². The number of benzene rings is 2. The van der Waals surface area contributed by atoms with E-state index in [1.807, 2.05) is 42.5 Å². The molecule has 86 valence electrons. The SMILES string of the molecule is NC(=Nc1ccc(Br)cc1)c1ccccc1N. The van der Waals surface area contributed by atoms with E-state index in [4.69, 9.17) is 11.5 Å². The number of nitrogens with zero attached hydrogens (tertiary/aromatic N) is 1. The van der Waals surface area contributed by atoms with Crippen LogP contribution in [0.1, 0.15) is 5.56 Å². The third-order valence-electron chi connectivity index (χ3n) is 2.31. The Bertz CT molecular complexity index is 547. The van der Waals surface area contributed by atoms with Crippen molar-refractivity contribution in [1.82, 2.24) is 0 Å². The minimum absolute atomic E-state index is 0.422. The van der Waals surface area contributed by atoms with Crippen molar-refractivity contribution in [2.24, 2.45) is 10.7 Å². The maximum atomic E-state index is 5.92. The third-order valence-corrected chi connectivity index (χ3v) is 2.84. The average molecular weight is 290 g/mol. The van der Waals surface area contributed by atoms with E-state index in [2.05, 4.69) is 20.9 Å². The van der Waals surface area contributed by atoms with Crippen molar-refractivity contribution in [2.45, 2.75) is 0 Å². The van der Waals surface area contributed by atoms with Gasteiger partial charge in [0.15, 0.2) is 0 Å². The van der Waals surface area contributed by atoms with Crippen molar-refractivity contribution in [3.8, 4) is 0 Å². The molecule has 0 aliphatic heterocycles. The first-order valence-electron chi connectivity index (χ1n) is 5.11. The lowest BCUT2D eigenvalue weighted by molar-refractivity contribution is 1.45. The first kappa shape index (κ1) is 11.7. The van der Waals surface area contributed by atoms with Crippen molar-refractivity contribution in [1.29, 1.82) is 0 Å².